The van der Waals surface area contributed by atoms with Crippen LogP contribution in [0.2, 0.25) is 0 Å². The molecule has 5 aromatic rings. The van der Waals surface area contributed by atoms with Gasteiger partial charge in [-0.15, -0.1) is 0 Å². The molecular weight excluding hydrogens is 526 g/mol. The van der Waals surface area contributed by atoms with E-state index in [0.717, 1.165) is 55.0 Å². The average molecular weight is 562 g/mol. The standard InChI is InChI=1S/C34H35N5O3/c1-23-9-13-28(22-38-19-17-37(2)18-20-38)39(23)27-14-11-26(12-15-27)35-32(24-7-5-4-6-8-24)31-29-16-10-25(34(41)42-3)21-30(29)36-33(31)40/h4-16,21,36,40H,17-20,22H2,1-3H3. The van der Waals surface area contributed by atoms with Crippen LogP contribution in [0, 0.1) is 6.92 Å². The number of carbonyl (C=O) groups is 1. The van der Waals surface area contributed by atoms with Crippen LogP contribution in [0.1, 0.15) is 32.9 Å². The molecule has 1 fully saturated rings. The van der Waals surface area contributed by atoms with Gasteiger partial charge in [0.15, 0.2) is 5.88 Å². The van der Waals surface area contributed by atoms with Crippen LogP contribution in [-0.2, 0) is 11.3 Å². The van der Waals surface area contributed by atoms with E-state index in [2.05, 4.69) is 57.6 Å². The topological polar surface area (TPSA) is 86.1 Å². The number of aromatic hydroxyl groups is 1. The molecule has 8 nitrogen and oxygen atoms in total. The molecule has 8 heteroatoms. The molecule has 0 aliphatic carbocycles. The van der Waals surface area contributed by atoms with Gasteiger partial charge in [0.2, 0.25) is 0 Å². The number of hydrogen-bond donors (Lipinski definition) is 2. The minimum absolute atomic E-state index is 0.0113. The first-order chi connectivity index (χ1) is 20.4. The van der Waals surface area contributed by atoms with E-state index in [4.69, 9.17) is 9.73 Å². The highest BCUT2D eigenvalue weighted by Gasteiger charge is 2.20. The van der Waals surface area contributed by atoms with E-state index in [1.165, 1.54) is 18.5 Å². The summed E-state index contributed by atoms with van der Waals surface area (Å²) in [5, 5.41) is 11.8. The zero-order valence-electron chi connectivity index (χ0n) is 24.2. The molecule has 0 bridgehead atoms. The van der Waals surface area contributed by atoms with Crippen molar-refractivity contribution >= 4 is 28.3 Å². The van der Waals surface area contributed by atoms with E-state index in [0.29, 0.717) is 22.4 Å². The molecule has 2 N–H and O–H groups in total. The third kappa shape index (κ3) is 5.46. The molecule has 6 rings (SSSR count). The number of nitrogens with one attached hydrogen (secondary N) is 1. The monoisotopic (exact) mass is 561 g/mol. The molecule has 1 aliphatic heterocycles. The summed E-state index contributed by atoms with van der Waals surface area (Å²) in [6, 6.07) is 27.6. The van der Waals surface area contributed by atoms with Crippen molar-refractivity contribution in [2.75, 3.05) is 40.3 Å². The Morgan fingerprint density at radius 1 is 0.929 bits per heavy atom. The van der Waals surface area contributed by atoms with Crippen molar-refractivity contribution in [3.8, 4) is 11.6 Å². The van der Waals surface area contributed by atoms with Gasteiger partial charge >= 0.3 is 5.97 Å². The number of nitrogens with zero attached hydrogens (tertiary/aromatic N) is 4. The first kappa shape index (κ1) is 27.5. The molecular formula is C34H35N5O3. The highest BCUT2D eigenvalue weighted by atomic mass is 16.5. The van der Waals surface area contributed by atoms with Gasteiger partial charge in [-0.2, -0.15) is 0 Å². The molecule has 0 radical (unpaired) electrons. The number of H-pyrrole nitrogens is 1. The van der Waals surface area contributed by atoms with Crippen molar-refractivity contribution in [3.63, 3.8) is 0 Å². The van der Waals surface area contributed by atoms with Gasteiger partial charge in [-0.25, -0.2) is 9.79 Å². The summed E-state index contributed by atoms with van der Waals surface area (Å²) in [4.78, 5) is 25.0. The van der Waals surface area contributed by atoms with Gasteiger partial charge < -0.3 is 24.3 Å². The van der Waals surface area contributed by atoms with Gasteiger partial charge in [0.25, 0.3) is 0 Å². The van der Waals surface area contributed by atoms with Crippen LogP contribution < -0.4 is 0 Å². The fourth-order valence-electron chi connectivity index (χ4n) is 5.65. The summed E-state index contributed by atoms with van der Waals surface area (Å²) in [6.45, 7) is 7.38. The molecule has 42 heavy (non-hydrogen) atoms. The second-order valence-electron chi connectivity index (χ2n) is 10.8. The third-order valence-corrected chi connectivity index (χ3v) is 7.97. The predicted octanol–water partition coefficient (Wildman–Crippen LogP) is 5.68. The zero-order valence-corrected chi connectivity index (χ0v) is 24.2. The summed E-state index contributed by atoms with van der Waals surface area (Å²) in [6.07, 6.45) is 0. The Balaban J connectivity index is 1.36. The average Bonchev–Trinajstić information content (AvgIpc) is 3.54. The fourth-order valence-corrected chi connectivity index (χ4v) is 5.65. The lowest BCUT2D eigenvalue weighted by atomic mass is 10.00. The maximum atomic E-state index is 12.1. The smallest absolute Gasteiger partial charge is 0.337 e. The van der Waals surface area contributed by atoms with Crippen molar-refractivity contribution in [1.29, 1.82) is 0 Å². The van der Waals surface area contributed by atoms with Crippen molar-refractivity contribution in [1.82, 2.24) is 19.4 Å². The molecule has 1 saturated heterocycles. The number of esters is 1. The summed E-state index contributed by atoms with van der Waals surface area (Å²) in [5.41, 5.74) is 7.42. The molecule has 0 saturated carbocycles. The summed E-state index contributed by atoms with van der Waals surface area (Å²) < 4.78 is 7.18. The minimum Gasteiger partial charge on any atom is -0.494 e. The minimum atomic E-state index is -0.436. The van der Waals surface area contributed by atoms with E-state index >= 15 is 0 Å². The van der Waals surface area contributed by atoms with Gasteiger partial charge in [-0.05, 0) is 62.5 Å². The second kappa shape index (κ2) is 11.7. The van der Waals surface area contributed by atoms with Crippen LogP contribution in [0.15, 0.2) is 89.9 Å². The number of aromatic nitrogens is 2. The van der Waals surface area contributed by atoms with E-state index in [9.17, 15) is 9.90 Å². The Morgan fingerprint density at radius 2 is 1.67 bits per heavy atom. The number of rotatable bonds is 7. The lowest BCUT2D eigenvalue weighted by molar-refractivity contribution is 0.0601. The first-order valence-corrected chi connectivity index (χ1v) is 14.2. The number of ether oxygens (including phenoxy) is 1. The molecule has 3 heterocycles. The van der Waals surface area contributed by atoms with Crippen LogP contribution >= 0.6 is 0 Å². The number of aryl methyl sites for hydroxylation is 1. The Labute approximate surface area is 245 Å². The van der Waals surface area contributed by atoms with E-state index in [1.807, 2.05) is 48.5 Å². The van der Waals surface area contributed by atoms with Gasteiger partial charge in [0.1, 0.15) is 0 Å². The number of piperazine rings is 1. The third-order valence-electron chi connectivity index (χ3n) is 7.97. The number of hydrogen-bond acceptors (Lipinski definition) is 6. The lowest BCUT2D eigenvalue weighted by Crippen LogP contribution is -2.44. The maximum Gasteiger partial charge on any atom is 0.337 e. The van der Waals surface area contributed by atoms with Crippen LogP contribution in [-0.4, -0.2) is 76.5 Å². The Bertz CT molecular complexity index is 1740. The molecule has 2 aromatic heterocycles. The SMILES string of the molecule is COC(=O)c1ccc2c(C(=Nc3ccc(-n4c(C)ccc4CN4CCN(C)CC4)cc3)c3ccccc3)c(O)[nH]c2c1. The van der Waals surface area contributed by atoms with E-state index < -0.39 is 5.97 Å². The number of carbonyl (C=O) groups excluding carboxylic acids is 1. The number of benzene rings is 3. The van der Waals surface area contributed by atoms with Crippen molar-refractivity contribution < 1.29 is 14.6 Å². The molecule has 214 valence electrons. The summed E-state index contributed by atoms with van der Waals surface area (Å²) in [5.74, 6) is -0.447. The van der Waals surface area contributed by atoms with Gasteiger partial charge in [0, 0.05) is 66.3 Å². The van der Waals surface area contributed by atoms with Crippen LogP contribution in [0.25, 0.3) is 16.6 Å². The van der Waals surface area contributed by atoms with Gasteiger partial charge in [0.05, 0.1) is 29.6 Å². The summed E-state index contributed by atoms with van der Waals surface area (Å²) >= 11 is 0. The van der Waals surface area contributed by atoms with Crippen LogP contribution in [0.4, 0.5) is 5.69 Å². The van der Waals surface area contributed by atoms with Crippen molar-refractivity contribution in [2.24, 2.45) is 4.99 Å². The quantitative estimate of drug-likeness (QED) is 0.197. The maximum absolute atomic E-state index is 12.1. The van der Waals surface area contributed by atoms with E-state index in [1.54, 1.807) is 12.1 Å². The number of aliphatic imine (C=N–C) groups is 1. The number of methoxy groups -OCH3 is 1. The summed E-state index contributed by atoms with van der Waals surface area (Å²) in [7, 11) is 3.53. The highest BCUT2D eigenvalue weighted by molar-refractivity contribution is 6.22. The molecule has 3 aromatic carbocycles. The second-order valence-corrected chi connectivity index (χ2v) is 10.8. The van der Waals surface area contributed by atoms with Gasteiger partial charge in [-0.3, -0.25) is 4.90 Å². The Kier molecular flexibility index (Phi) is 7.65. The largest absolute Gasteiger partial charge is 0.494 e. The van der Waals surface area contributed by atoms with Crippen LogP contribution in [0.3, 0.4) is 0 Å². The molecule has 0 amide bonds. The molecule has 0 unspecified atom stereocenters. The highest BCUT2D eigenvalue weighted by Crippen LogP contribution is 2.32. The Morgan fingerprint density at radius 3 is 2.38 bits per heavy atom. The number of fused-ring (bicyclic) bond motifs is 1. The zero-order chi connectivity index (χ0) is 29.2. The van der Waals surface area contributed by atoms with Gasteiger partial charge in [-0.1, -0.05) is 36.4 Å². The molecule has 1 aliphatic rings. The lowest BCUT2D eigenvalue weighted by Gasteiger charge is -2.32. The normalized spacial score (nSPS) is 14.9. The first-order valence-electron chi connectivity index (χ1n) is 14.2. The molecule has 0 spiro atoms. The fraction of sp³-hybridized carbons (Fsp3) is 0.235. The number of likely N-dealkylation sites (N-methyl/N-ethyl adjacent to an activating group) is 1. The van der Waals surface area contributed by atoms with Crippen molar-refractivity contribution in [2.45, 2.75) is 13.5 Å². The van der Waals surface area contributed by atoms with E-state index in [-0.39, 0.29) is 5.88 Å². The predicted molar refractivity (Wildman–Crippen MR) is 166 cm³/mol. The van der Waals surface area contributed by atoms with Crippen molar-refractivity contribution in [3.05, 3.63) is 113 Å². The van der Waals surface area contributed by atoms with Crippen LogP contribution in [0.5, 0.6) is 5.88 Å². The number of aromatic amines is 1. The Hall–Kier alpha value is -4.66. The molecule has 0 atom stereocenters.